The lowest BCUT2D eigenvalue weighted by Crippen LogP contribution is -2.39. The molecule has 0 aliphatic carbocycles. The number of anilines is 1. The lowest BCUT2D eigenvalue weighted by molar-refractivity contribution is -0.672. The summed E-state index contributed by atoms with van der Waals surface area (Å²) in [6.07, 6.45) is 0. The molecule has 164 valence electrons. The molecule has 0 aliphatic rings. The van der Waals surface area contributed by atoms with Gasteiger partial charge in [0.2, 0.25) is 5.69 Å². The predicted molar refractivity (Wildman–Crippen MR) is 125 cm³/mol. The van der Waals surface area contributed by atoms with E-state index in [4.69, 9.17) is 33.5 Å². The molecule has 0 spiro atoms. The third-order valence-electron chi connectivity index (χ3n) is 5.11. The van der Waals surface area contributed by atoms with Crippen molar-refractivity contribution in [3.8, 4) is 22.9 Å². The van der Waals surface area contributed by atoms with E-state index in [1.165, 1.54) is 4.68 Å². The second-order valence-electron chi connectivity index (χ2n) is 7.30. The molecule has 0 amide bonds. The van der Waals surface area contributed by atoms with Gasteiger partial charge in [0.15, 0.2) is 5.95 Å². The van der Waals surface area contributed by atoms with Crippen LogP contribution < -0.4 is 15.5 Å². The number of hydrogen-bond donors (Lipinski definition) is 1. The summed E-state index contributed by atoms with van der Waals surface area (Å²) in [4.78, 5) is 18.7. The van der Waals surface area contributed by atoms with Gasteiger partial charge in [0.25, 0.3) is 5.78 Å². The van der Waals surface area contributed by atoms with E-state index in [0.717, 1.165) is 16.9 Å². The molecule has 10 heteroatoms. The normalized spacial score (nSPS) is 11.2. The molecule has 0 aliphatic heterocycles. The minimum Gasteiger partial charge on any atom is -0.539 e. The first-order valence-electron chi connectivity index (χ1n) is 9.68. The Balaban J connectivity index is 1.60. The number of pyridine rings is 1. The van der Waals surface area contributed by atoms with E-state index in [1.54, 1.807) is 42.5 Å². The summed E-state index contributed by atoms with van der Waals surface area (Å²) in [5.74, 6) is -1.44. The number of benzene rings is 2. The van der Waals surface area contributed by atoms with Crippen LogP contribution in [0.5, 0.6) is 5.95 Å². The number of thiophene rings is 1. The molecule has 0 unspecified atom stereocenters. The van der Waals surface area contributed by atoms with E-state index in [2.05, 4.69) is 10.3 Å². The zero-order chi connectivity index (χ0) is 23.3. The van der Waals surface area contributed by atoms with Crippen molar-refractivity contribution < 1.29 is 19.1 Å². The molecule has 5 rings (SSSR count). The van der Waals surface area contributed by atoms with Crippen LogP contribution in [-0.4, -0.2) is 16.0 Å². The molecule has 0 fully saturated rings. The molecule has 7 nitrogen and oxygen atoms in total. The second kappa shape index (κ2) is 8.15. The molecule has 0 bridgehead atoms. The first-order chi connectivity index (χ1) is 15.8. The van der Waals surface area contributed by atoms with E-state index in [9.17, 15) is 9.90 Å². The number of nitrogens with two attached hydrogens (primary N) is 1. The number of nitrogen functional groups attached to an aromatic ring is 1. The van der Waals surface area contributed by atoms with Crippen molar-refractivity contribution in [2.75, 3.05) is 5.73 Å². The number of rotatable bonds is 4. The lowest BCUT2D eigenvalue weighted by Gasteiger charge is -2.04. The summed E-state index contributed by atoms with van der Waals surface area (Å²) in [6.45, 7) is 1.93. The van der Waals surface area contributed by atoms with Crippen LogP contribution in [-0.2, 0) is 0 Å². The Morgan fingerprint density at radius 3 is 2.61 bits per heavy atom. The number of nitrogens with zero attached hydrogens (tertiary/aromatic N) is 3. The van der Waals surface area contributed by atoms with Gasteiger partial charge in [-0.15, -0.1) is 11.3 Å². The van der Waals surface area contributed by atoms with Gasteiger partial charge in [-0.05, 0) is 41.9 Å². The topological polar surface area (TPSA) is 109 Å². The van der Waals surface area contributed by atoms with Gasteiger partial charge in [0, 0.05) is 28.1 Å². The second-order valence-corrected chi connectivity index (χ2v) is 9.15. The maximum Gasteiger partial charge on any atom is 0.312 e. The summed E-state index contributed by atoms with van der Waals surface area (Å²) in [7, 11) is 0. The van der Waals surface area contributed by atoms with E-state index in [1.807, 2.05) is 19.1 Å². The summed E-state index contributed by atoms with van der Waals surface area (Å²) in [6, 6.07) is 15.8. The van der Waals surface area contributed by atoms with E-state index < -0.39 is 11.7 Å². The van der Waals surface area contributed by atoms with Gasteiger partial charge in [-0.1, -0.05) is 40.9 Å². The van der Waals surface area contributed by atoms with Crippen molar-refractivity contribution in [1.29, 1.82) is 0 Å². The number of hydrogen-bond acceptors (Lipinski definition) is 7. The van der Waals surface area contributed by atoms with Crippen LogP contribution in [0.3, 0.4) is 0 Å². The van der Waals surface area contributed by atoms with Gasteiger partial charge in [0.1, 0.15) is 9.71 Å². The Hall–Kier alpha value is -3.46. The minimum atomic E-state index is -0.848. The molecule has 33 heavy (non-hydrogen) atoms. The van der Waals surface area contributed by atoms with Crippen molar-refractivity contribution in [3.63, 3.8) is 0 Å². The molecule has 0 saturated carbocycles. The third-order valence-corrected chi connectivity index (χ3v) is 6.77. The maximum atomic E-state index is 13.4. The van der Waals surface area contributed by atoms with Gasteiger partial charge in [-0.2, -0.15) is 0 Å². The van der Waals surface area contributed by atoms with Crippen LogP contribution in [0.15, 0.2) is 59.1 Å². The van der Waals surface area contributed by atoms with Crippen LogP contribution in [0.2, 0.25) is 10.0 Å². The molecule has 0 atom stereocenters. The average Bonchev–Trinajstić information content (AvgIpc) is 3.33. The van der Waals surface area contributed by atoms with Gasteiger partial charge in [0.05, 0.1) is 21.7 Å². The van der Waals surface area contributed by atoms with Gasteiger partial charge >= 0.3 is 5.69 Å². The van der Waals surface area contributed by atoms with E-state index in [-0.39, 0.29) is 16.3 Å². The monoisotopic (exact) mass is 496 g/mol. The highest BCUT2D eigenvalue weighted by atomic mass is 35.5. The fourth-order valence-corrected chi connectivity index (χ4v) is 4.96. The minimum absolute atomic E-state index is 0.179. The highest BCUT2D eigenvalue weighted by molar-refractivity contribution is 7.21. The quantitative estimate of drug-likeness (QED) is 0.284. The fourth-order valence-electron chi connectivity index (χ4n) is 3.42. The Morgan fingerprint density at radius 2 is 1.88 bits per heavy atom. The lowest BCUT2D eigenvalue weighted by atomic mass is 10.1. The molecule has 3 heterocycles. The molecule has 0 radical (unpaired) electrons. The first kappa shape index (κ1) is 21.4. The fraction of sp³-hybridized carbons (Fsp3) is 0.0435. The van der Waals surface area contributed by atoms with Gasteiger partial charge < -0.3 is 15.4 Å². The zero-order valence-corrected chi connectivity index (χ0v) is 19.3. The highest BCUT2D eigenvalue weighted by Crippen LogP contribution is 2.37. The maximum absolute atomic E-state index is 13.4. The van der Waals surface area contributed by atoms with Crippen LogP contribution >= 0.6 is 34.5 Å². The number of fused-ring (bicyclic) bond motifs is 1. The SMILES string of the molecule is Cc1ccc(-[n+]2noc([O-])c2C(=O)c2sc3nc(-c4ccc(Cl)cc4Cl)ccc3c2N)cc1. The number of aryl methyl sites for hydroxylation is 1. The number of carbonyl (C=O) groups is 1. The Bertz CT molecular complexity index is 1540. The Kier molecular flexibility index (Phi) is 5.28. The van der Waals surface area contributed by atoms with E-state index >= 15 is 0 Å². The van der Waals surface area contributed by atoms with Crippen molar-refractivity contribution in [2.24, 2.45) is 0 Å². The zero-order valence-electron chi connectivity index (χ0n) is 17.0. The van der Waals surface area contributed by atoms with Crippen LogP contribution in [0, 0.1) is 6.92 Å². The third kappa shape index (κ3) is 3.72. The van der Waals surface area contributed by atoms with Crippen molar-refractivity contribution in [2.45, 2.75) is 6.92 Å². The van der Waals surface area contributed by atoms with Crippen molar-refractivity contribution in [3.05, 3.63) is 80.8 Å². The molecule has 3 aromatic heterocycles. The highest BCUT2D eigenvalue weighted by Gasteiger charge is 2.32. The molecular weight excluding hydrogens is 483 g/mol. The average molecular weight is 497 g/mol. The number of aromatic nitrogens is 3. The van der Waals surface area contributed by atoms with Crippen LogP contribution in [0.1, 0.15) is 20.9 Å². The van der Waals surface area contributed by atoms with Crippen molar-refractivity contribution >= 4 is 56.2 Å². The smallest absolute Gasteiger partial charge is 0.312 e. The molecule has 0 saturated heterocycles. The summed E-state index contributed by atoms with van der Waals surface area (Å²) < 4.78 is 5.98. The summed E-state index contributed by atoms with van der Waals surface area (Å²) in [5, 5.41) is 17.7. The van der Waals surface area contributed by atoms with E-state index in [0.29, 0.717) is 37.2 Å². The van der Waals surface area contributed by atoms with Crippen LogP contribution in [0.4, 0.5) is 5.69 Å². The number of carbonyl (C=O) groups excluding carboxylic acids is 1. The van der Waals surface area contributed by atoms with Crippen molar-refractivity contribution in [1.82, 2.24) is 10.3 Å². The number of halogens is 2. The molecule has 5 aromatic rings. The largest absolute Gasteiger partial charge is 0.539 e. The van der Waals surface area contributed by atoms with Gasteiger partial charge in [-0.25, -0.2) is 4.98 Å². The van der Waals surface area contributed by atoms with Gasteiger partial charge in [-0.3, -0.25) is 4.79 Å². The molecule has 2 N–H and O–H groups in total. The Morgan fingerprint density at radius 1 is 1.12 bits per heavy atom. The first-order valence-corrected chi connectivity index (χ1v) is 11.3. The standard InChI is InChI=1S/C23H14Cl2N4O3S/c1-11-2-5-13(6-3-11)29-19(23(31)32-28-29)20(30)21-18(26)15-8-9-17(27-22(15)33-21)14-7-4-12(24)10-16(14)25/h2-10H,1H3,(H2-,26,28,30,31). The predicted octanol–water partition coefficient (Wildman–Crippen LogP) is 4.73. The Labute approximate surface area is 201 Å². The summed E-state index contributed by atoms with van der Waals surface area (Å²) in [5.41, 5.74) is 9.13. The molecular formula is C23H14Cl2N4O3S. The molecule has 2 aromatic carbocycles. The summed E-state index contributed by atoms with van der Waals surface area (Å²) >= 11 is 13.4. The number of ketones is 1. The van der Waals surface area contributed by atoms with Crippen LogP contribution in [0.25, 0.3) is 27.2 Å².